The molecule has 2 rings (SSSR count). The molecule has 0 atom stereocenters. The summed E-state index contributed by atoms with van der Waals surface area (Å²) in [6.07, 6.45) is 7.74. The van der Waals surface area contributed by atoms with Gasteiger partial charge in [-0.2, -0.15) is 0 Å². The molecule has 2 N–H and O–H groups in total. The first-order valence-corrected chi connectivity index (χ1v) is 11.8. The number of aliphatic imine (C=N–C) groups is 1. The first-order chi connectivity index (χ1) is 12.5. The molecule has 1 saturated heterocycles. The maximum absolute atomic E-state index is 12.2. The Morgan fingerprint density at radius 3 is 2.27 bits per heavy atom. The highest BCUT2D eigenvalue weighted by molar-refractivity contribution is 7.89. The summed E-state index contributed by atoms with van der Waals surface area (Å²) < 4.78 is 26.0. The Morgan fingerprint density at radius 2 is 1.73 bits per heavy atom. The van der Waals surface area contributed by atoms with E-state index in [9.17, 15) is 8.42 Å². The largest absolute Gasteiger partial charge is 0.355 e. The molecule has 2 fully saturated rings. The lowest BCUT2D eigenvalue weighted by Gasteiger charge is -2.36. The molecule has 0 bridgehead atoms. The monoisotopic (exact) mass is 387 g/mol. The molecule has 0 amide bonds. The Labute approximate surface area is 159 Å². The highest BCUT2D eigenvalue weighted by Crippen LogP contribution is 2.26. The average molecular weight is 388 g/mol. The molecule has 0 aromatic carbocycles. The minimum Gasteiger partial charge on any atom is -0.355 e. The van der Waals surface area contributed by atoms with Crippen LogP contribution in [0.4, 0.5) is 0 Å². The summed E-state index contributed by atoms with van der Waals surface area (Å²) in [5.41, 5.74) is 0. The Hall–Kier alpha value is -0.860. The van der Waals surface area contributed by atoms with Gasteiger partial charge in [0.15, 0.2) is 5.96 Å². The van der Waals surface area contributed by atoms with Crippen LogP contribution in [0.15, 0.2) is 4.99 Å². The van der Waals surface area contributed by atoms with Crippen molar-refractivity contribution in [3.8, 4) is 0 Å². The van der Waals surface area contributed by atoms with Crippen molar-refractivity contribution in [3.05, 3.63) is 0 Å². The number of piperidine rings is 1. The van der Waals surface area contributed by atoms with E-state index >= 15 is 0 Å². The molecule has 1 aliphatic heterocycles. The Bertz CT molecular complexity index is 534. The van der Waals surface area contributed by atoms with Gasteiger partial charge in [-0.05, 0) is 25.7 Å². The van der Waals surface area contributed by atoms with E-state index < -0.39 is 10.0 Å². The van der Waals surface area contributed by atoms with Gasteiger partial charge in [-0.1, -0.05) is 26.7 Å². The van der Waals surface area contributed by atoms with E-state index in [4.69, 9.17) is 0 Å². The first kappa shape index (κ1) is 21.4. The predicted octanol–water partition coefficient (Wildman–Crippen LogP) is 1.23. The van der Waals surface area contributed by atoms with Crippen LogP contribution in [0.5, 0.6) is 0 Å². The smallest absolute Gasteiger partial charge is 0.215 e. The van der Waals surface area contributed by atoms with Crippen LogP contribution in [0, 0.1) is 0 Å². The summed E-state index contributed by atoms with van der Waals surface area (Å²) >= 11 is 0. The molecule has 1 saturated carbocycles. The number of nitrogens with zero attached hydrogens (tertiary/aromatic N) is 3. The molecule has 2 aliphatic rings. The zero-order valence-electron chi connectivity index (χ0n) is 16.7. The van der Waals surface area contributed by atoms with Crippen molar-refractivity contribution in [1.29, 1.82) is 0 Å². The fourth-order valence-electron chi connectivity index (χ4n) is 4.11. The highest BCUT2D eigenvalue weighted by Gasteiger charge is 2.27. The summed E-state index contributed by atoms with van der Waals surface area (Å²) in [7, 11) is -1.46. The molecule has 1 aliphatic carbocycles. The summed E-state index contributed by atoms with van der Waals surface area (Å²) in [6.45, 7) is 7.45. The molecule has 8 heteroatoms. The molecule has 152 valence electrons. The van der Waals surface area contributed by atoms with Crippen LogP contribution in [0.1, 0.15) is 52.4 Å². The Balaban J connectivity index is 1.71. The van der Waals surface area contributed by atoms with Crippen molar-refractivity contribution in [1.82, 2.24) is 19.8 Å². The lowest BCUT2D eigenvalue weighted by atomic mass is 10.0. The van der Waals surface area contributed by atoms with Gasteiger partial charge in [0, 0.05) is 51.9 Å². The van der Waals surface area contributed by atoms with Crippen LogP contribution in [0.2, 0.25) is 0 Å². The number of likely N-dealkylation sites (tertiary alicyclic amines) is 1. The van der Waals surface area contributed by atoms with Gasteiger partial charge in [0.25, 0.3) is 0 Å². The Kier molecular flexibility index (Phi) is 8.63. The van der Waals surface area contributed by atoms with Crippen LogP contribution in [-0.2, 0) is 10.0 Å². The van der Waals surface area contributed by atoms with Crippen molar-refractivity contribution < 1.29 is 8.42 Å². The predicted molar refractivity (Wildman–Crippen MR) is 108 cm³/mol. The summed E-state index contributed by atoms with van der Waals surface area (Å²) in [5, 5.41) is 6.63. The topological polar surface area (TPSA) is 77.0 Å². The summed E-state index contributed by atoms with van der Waals surface area (Å²) in [6, 6.07) is 1.22. The number of rotatable bonds is 8. The molecule has 7 nitrogen and oxygen atoms in total. The third kappa shape index (κ3) is 6.09. The van der Waals surface area contributed by atoms with Gasteiger partial charge in [-0.15, -0.1) is 0 Å². The van der Waals surface area contributed by atoms with Crippen molar-refractivity contribution in [3.63, 3.8) is 0 Å². The second kappa shape index (κ2) is 10.5. The number of hydrogen-bond donors (Lipinski definition) is 2. The zero-order valence-corrected chi connectivity index (χ0v) is 17.5. The quantitative estimate of drug-likeness (QED) is 0.484. The molecule has 0 aromatic rings. The van der Waals surface area contributed by atoms with Crippen molar-refractivity contribution in [2.75, 3.05) is 45.5 Å². The van der Waals surface area contributed by atoms with Crippen molar-refractivity contribution >= 4 is 16.0 Å². The third-order valence-corrected chi connectivity index (χ3v) is 7.71. The van der Waals surface area contributed by atoms with Gasteiger partial charge in [-0.3, -0.25) is 4.99 Å². The second-order valence-electron chi connectivity index (χ2n) is 7.29. The van der Waals surface area contributed by atoms with Crippen molar-refractivity contribution in [2.45, 2.75) is 64.5 Å². The maximum atomic E-state index is 12.2. The van der Waals surface area contributed by atoms with Gasteiger partial charge in [0.2, 0.25) is 10.0 Å². The van der Waals surface area contributed by atoms with E-state index in [1.165, 1.54) is 30.0 Å². The number of sulfonamides is 1. The molecule has 26 heavy (non-hydrogen) atoms. The van der Waals surface area contributed by atoms with Gasteiger partial charge in [0.05, 0.1) is 5.75 Å². The SMILES string of the molecule is CCN(CC)S(=O)(=O)CCNC(=NC)NC1CCN(C2CCCC2)CC1. The van der Waals surface area contributed by atoms with Crippen molar-refractivity contribution in [2.24, 2.45) is 4.99 Å². The maximum Gasteiger partial charge on any atom is 0.215 e. The van der Waals surface area contributed by atoms with Crippen LogP contribution >= 0.6 is 0 Å². The van der Waals surface area contributed by atoms with Gasteiger partial charge in [0.1, 0.15) is 0 Å². The van der Waals surface area contributed by atoms with E-state index in [1.54, 1.807) is 7.05 Å². The normalized spacial score (nSPS) is 21.5. The average Bonchev–Trinajstić information content (AvgIpc) is 3.16. The van der Waals surface area contributed by atoms with Crippen LogP contribution < -0.4 is 10.6 Å². The molecular weight excluding hydrogens is 350 g/mol. The fraction of sp³-hybridized carbons (Fsp3) is 0.944. The minimum absolute atomic E-state index is 0.0928. The van der Waals surface area contributed by atoms with Crippen LogP contribution in [0.3, 0.4) is 0 Å². The molecular formula is C18H37N5O2S. The third-order valence-electron chi connectivity index (χ3n) is 5.69. The number of nitrogens with one attached hydrogen (secondary N) is 2. The standard InChI is InChI=1S/C18H37N5O2S/c1-4-23(5-2)26(24,25)15-12-20-18(19-3)21-16-10-13-22(14-11-16)17-8-6-7-9-17/h16-17H,4-15H2,1-3H3,(H2,19,20,21). The summed E-state index contributed by atoms with van der Waals surface area (Å²) in [4.78, 5) is 6.91. The zero-order chi connectivity index (χ0) is 19.0. The van der Waals surface area contributed by atoms with Crippen LogP contribution in [-0.4, -0.2) is 81.2 Å². The minimum atomic E-state index is -3.19. The van der Waals surface area contributed by atoms with Gasteiger partial charge in [-0.25, -0.2) is 12.7 Å². The fourth-order valence-corrected chi connectivity index (χ4v) is 5.52. The Morgan fingerprint density at radius 1 is 1.12 bits per heavy atom. The van der Waals surface area contributed by atoms with Gasteiger partial charge < -0.3 is 15.5 Å². The molecule has 0 spiro atoms. The van der Waals surface area contributed by atoms with E-state index in [1.807, 2.05) is 13.8 Å². The lowest BCUT2D eigenvalue weighted by molar-refractivity contribution is 0.150. The molecule has 0 radical (unpaired) electrons. The number of guanidine groups is 1. The molecule has 1 heterocycles. The lowest BCUT2D eigenvalue weighted by Crippen LogP contribution is -2.51. The molecule has 0 aromatic heterocycles. The van der Waals surface area contributed by atoms with E-state index in [2.05, 4.69) is 20.5 Å². The molecule has 0 unspecified atom stereocenters. The second-order valence-corrected chi connectivity index (χ2v) is 9.38. The van der Waals surface area contributed by atoms with E-state index in [0.717, 1.165) is 32.0 Å². The summed E-state index contributed by atoms with van der Waals surface area (Å²) in [5.74, 6) is 0.800. The first-order valence-electron chi connectivity index (χ1n) is 10.2. The van der Waals surface area contributed by atoms with E-state index in [-0.39, 0.29) is 5.75 Å². The van der Waals surface area contributed by atoms with Crippen LogP contribution in [0.25, 0.3) is 0 Å². The van der Waals surface area contributed by atoms with Gasteiger partial charge >= 0.3 is 0 Å². The highest BCUT2D eigenvalue weighted by atomic mass is 32.2. The van der Waals surface area contributed by atoms with E-state index in [0.29, 0.717) is 31.6 Å². The number of hydrogen-bond acceptors (Lipinski definition) is 4.